The number of nitrogen functional groups attached to an aromatic ring is 1. The van der Waals surface area contributed by atoms with Crippen molar-refractivity contribution < 1.29 is 8.42 Å². The first-order chi connectivity index (χ1) is 9.91. The third-order valence-electron chi connectivity index (χ3n) is 2.96. The average Bonchev–Trinajstić information content (AvgIpc) is 2.43. The molecular weight excluding hydrogens is 286 g/mol. The lowest BCUT2D eigenvalue weighted by Gasteiger charge is -2.11. The summed E-state index contributed by atoms with van der Waals surface area (Å²) in [6.45, 7) is 1.85. The van der Waals surface area contributed by atoms with Crippen molar-refractivity contribution in [1.82, 2.24) is 0 Å². The standard InChI is InChI=1S/C15H15N3O2S/c1-11-6-7-14(17)15(8-11)18-21(19,20)10-13-5-3-2-4-12(13)9-16/h2-8,18H,10,17H2,1H3. The molecule has 0 aliphatic rings. The Labute approximate surface area is 124 Å². The molecule has 0 saturated heterocycles. The van der Waals surface area contributed by atoms with E-state index in [1.165, 1.54) is 0 Å². The van der Waals surface area contributed by atoms with E-state index in [1.807, 2.05) is 13.0 Å². The Balaban J connectivity index is 2.27. The normalized spacial score (nSPS) is 10.9. The highest BCUT2D eigenvalue weighted by atomic mass is 32.2. The summed E-state index contributed by atoms with van der Waals surface area (Å²) in [5.41, 5.74) is 8.18. The molecule has 0 heterocycles. The summed E-state index contributed by atoms with van der Waals surface area (Å²) in [4.78, 5) is 0. The first kappa shape index (κ1) is 14.9. The van der Waals surface area contributed by atoms with Gasteiger partial charge in [-0.15, -0.1) is 0 Å². The lowest BCUT2D eigenvalue weighted by molar-refractivity contribution is 0.600. The Kier molecular flexibility index (Phi) is 4.15. The Morgan fingerprint density at radius 3 is 2.67 bits per heavy atom. The Bertz CT molecular complexity index is 808. The van der Waals surface area contributed by atoms with Crippen LogP contribution in [0, 0.1) is 18.3 Å². The van der Waals surface area contributed by atoms with Crippen LogP contribution in [0.4, 0.5) is 11.4 Å². The van der Waals surface area contributed by atoms with Gasteiger partial charge in [-0.1, -0.05) is 24.3 Å². The maximum atomic E-state index is 12.2. The van der Waals surface area contributed by atoms with Crippen LogP contribution in [0.1, 0.15) is 16.7 Å². The number of nitriles is 1. The van der Waals surface area contributed by atoms with Crippen LogP contribution in [-0.2, 0) is 15.8 Å². The van der Waals surface area contributed by atoms with Crippen LogP contribution in [0.15, 0.2) is 42.5 Å². The number of anilines is 2. The molecular formula is C15H15N3O2S. The lowest BCUT2D eigenvalue weighted by atomic mass is 10.1. The molecule has 2 rings (SSSR count). The van der Waals surface area contributed by atoms with Gasteiger partial charge in [-0.05, 0) is 36.2 Å². The average molecular weight is 301 g/mol. The smallest absolute Gasteiger partial charge is 0.237 e. The topological polar surface area (TPSA) is 96.0 Å². The Hall–Kier alpha value is -2.52. The summed E-state index contributed by atoms with van der Waals surface area (Å²) in [6, 6.07) is 13.7. The third kappa shape index (κ3) is 3.74. The van der Waals surface area contributed by atoms with E-state index in [4.69, 9.17) is 11.0 Å². The molecule has 2 aromatic rings. The van der Waals surface area contributed by atoms with Crippen LogP contribution < -0.4 is 10.5 Å². The molecule has 0 fully saturated rings. The first-order valence-corrected chi connectivity index (χ1v) is 7.91. The molecule has 0 aromatic heterocycles. The van der Waals surface area contributed by atoms with Gasteiger partial charge in [0.1, 0.15) is 0 Å². The van der Waals surface area contributed by atoms with Crippen LogP contribution in [0.3, 0.4) is 0 Å². The van der Waals surface area contributed by atoms with Gasteiger partial charge >= 0.3 is 0 Å². The largest absolute Gasteiger partial charge is 0.397 e. The maximum Gasteiger partial charge on any atom is 0.237 e. The second-order valence-electron chi connectivity index (χ2n) is 4.72. The van der Waals surface area contributed by atoms with E-state index in [0.717, 1.165) is 5.56 Å². The molecule has 6 heteroatoms. The molecule has 0 unspecified atom stereocenters. The van der Waals surface area contributed by atoms with Crippen molar-refractivity contribution in [1.29, 1.82) is 5.26 Å². The first-order valence-electron chi connectivity index (χ1n) is 6.26. The fourth-order valence-corrected chi connectivity index (χ4v) is 3.17. The minimum absolute atomic E-state index is 0.274. The predicted molar refractivity (Wildman–Crippen MR) is 83.0 cm³/mol. The zero-order valence-corrected chi connectivity index (χ0v) is 12.3. The van der Waals surface area contributed by atoms with Crippen molar-refractivity contribution in [2.45, 2.75) is 12.7 Å². The summed E-state index contributed by atoms with van der Waals surface area (Å²) >= 11 is 0. The van der Waals surface area contributed by atoms with E-state index in [2.05, 4.69) is 4.72 Å². The highest BCUT2D eigenvalue weighted by molar-refractivity contribution is 7.91. The second-order valence-corrected chi connectivity index (χ2v) is 6.44. The predicted octanol–water partition coefficient (Wildman–Crippen LogP) is 2.39. The van der Waals surface area contributed by atoms with Gasteiger partial charge in [0.05, 0.1) is 28.8 Å². The molecule has 0 atom stereocenters. The molecule has 21 heavy (non-hydrogen) atoms. The Morgan fingerprint density at radius 1 is 1.24 bits per heavy atom. The fourth-order valence-electron chi connectivity index (χ4n) is 1.92. The molecule has 0 bridgehead atoms. The summed E-state index contributed by atoms with van der Waals surface area (Å²) < 4.78 is 26.9. The number of sulfonamides is 1. The summed E-state index contributed by atoms with van der Waals surface area (Å²) in [5.74, 6) is -0.274. The highest BCUT2D eigenvalue weighted by Gasteiger charge is 2.15. The van der Waals surface area contributed by atoms with E-state index in [1.54, 1.807) is 42.5 Å². The number of benzene rings is 2. The number of hydrogen-bond acceptors (Lipinski definition) is 4. The number of nitrogens with one attached hydrogen (secondary N) is 1. The summed E-state index contributed by atoms with van der Waals surface area (Å²) in [5, 5.41) is 9.00. The van der Waals surface area contributed by atoms with Gasteiger partial charge in [0.25, 0.3) is 0 Å². The number of nitrogens with zero attached hydrogens (tertiary/aromatic N) is 1. The number of nitrogens with two attached hydrogens (primary N) is 1. The number of rotatable bonds is 4. The van der Waals surface area contributed by atoms with Gasteiger partial charge in [0.15, 0.2) is 0 Å². The van der Waals surface area contributed by atoms with Crippen molar-refractivity contribution >= 4 is 21.4 Å². The van der Waals surface area contributed by atoms with Gasteiger partial charge in [0, 0.05) is 0 Å². The monoisotopic (exact) mass is 301 g/mol. The van der Waals surface area contributed by atoms with Crippen LogP contribution in [-0.4, -0.2) is 8.42 Å². The minimum atomic E-state index is -3.64. The van der Waals surface area contributed by atoms with Crippen LogP contribution >= 0.6 is 0 Å². The second kappa shape index (κ2) is 5.85. The van der Waals surface area contributed by atoms with E-state index < -0.39 is 10.0 Å². The molecule has 0 saturated carbocycles. The van der Waals surface area contributed by atoms with E-state index in [0.29, 0.717) is 22.5 Å². The SMILES string of the molecule is Cc1ccc(N)c(NS(=O)(=O)Cc2ccccc2C#N)c1. The van der Waals surface area contributed by atoms with Gasteiger partial charge in [-0.25, -0.2) is 8.42 Å². The quantitative estimate of drug-likeness (QED) is 0.847. The number of hydrogen-bond donors (Lipinski definition) is 2. The molecule has 3 N–H and O–H groups in total. The maximum absolute atomic E-state index is 12.2. The zero-order chi connectivity index (χ0) is 15.5. The van der Waals surface area contributed by atoms with Gasteiger partial charge in [0.2, 0.25) is 10.0 Å². The van der Waals surface area contributed by atoms with Crippen LogP contribution in [0.2, 0.25) is 0 Å². The van der Waals surface area contributed by atoms with Crippen molar-refractivity contribution in [2.24, 2.45) is 0 Å². The van der Waals surface area contributed by atoms with E-state index in [-0.39, 0.29) is 5.75 Å². The van der Waals surface area contributed by atoms with Gasteiger partial charge in [-0.2, -0.15) is 5.26 Å². The van der Waals surface area contributed by atoms with Crippen molar-refractivity contribution in [3.8, 4) is 6.07 Å². The fraction of sp³-hybridized carbons (Fsp3) is 0.133. The lowest BCUT2D eigenvalue weighted by Crippen LogP contribution is -2.16. The molecule has 0 aliphatic carbocycles. The van der Waals surface area contributed by atoms with Crippen LogP contribution in [0.25, 0.3) is 0 Å². The molecule has 5 nitrogen and oxygen atoms in total. The van der Waals surface area contributed by atoms with E-state index >= 15 is 0 Å². The zero-order valence-electron chi connectivity index (χ0n) is 11.5. The van der Waals surface area contributed by atoms with E-state index in [9.17, 15) is 8.42 Å². The molecule has 0 spiro atoms. The Morgan fingerprint density at radius 2 is 1.95 bits per heavy atom. The third-order valence-corrected chi connectivity index (χ3v) is 4.18. The van der Waals surface area contributed by atoms with Crippen molar-refractivity contribution in [3.63, 3.8) is 0 Å². The van der Waals surface area contributed by atoms with Gasteiger partial charge in [-0.3, -0.25) is 4.72 Å². The number of aryl methyl sites for hydroxylation is 1. The highest BCUT2D eigenvalue weighted by Crippen LogP contribution is 2.22. The van der Waals surface area contributed by atoms with Crippen molar-refractivity contribution in [2.75, 3.05) is 10.5 Å². The van der Waals surface area contributed by atoms with Gasteiger partial charge < -0.3 is 5.73 Å². The summed E-state index contributed by atoms with van der Waals surface area (Å²) in [6.07, 6.45) is 0. The minimum Gasteiger partial charge on any atom is -0.397 e. The molecule has 2 aromatic carbocycles. The molecule has 0 radical (unpaired) electrons. The molecule has 108 valence electrons. The van der Waals surface area contributed by atoms with Crippen molar-refractivity contribution in [3.05, 3.63) is 59.2 Å². The molecule has 0 aliphatic heterocycles. The van der Waals surface area contributed by atoms with Crippen LogP contribution in [0.5, 0.6) is 0 Å². The molecule has 0 amide bonds. The summed E-state index contributed by atoms with van der Waals surface area (Å²) in [7, 11) is -3.64.